The molecule has 0 N–H and O–H groups in total. The molecule has 0 saturated carbocycles. The zero-order valence-electron chi connectivity index (χ0n) is 15.9. The average Bonchev–Trinajstić information content (AvgIpc) is 3.00. The number of hydrogen-bond acceptors (Lipinski definition) is 5. The first-order valence-electron chi connectivity index (χ1n) is 9.26. The van der Waals surface area contributed by atoms with Gasteiger partial charge in [0.2, 0.25) is 0 Å². The van der Waals surface area contributed by atoms with Crippen molar-refractivity contribution >= 4 is 23.6 Å². The van der Waals surface area contributed by atoms with Gasteiger partial charge in [-0.1, -0.05) is 54.2 Å². The second kappa shape index (κ2) is 8.05. The van der Waals surface area contributed by atoms with E-state index in [1.165, 1.54) is 22.7 Å². The van der Waals surface area contributed by atoms with Crippen LogP contribution in [0.25, 0.3) is 11.3 Å². The van der Waals surface area contributed by atoms with Crippen molar-refractivity contribution in [1.29, 1.82) is 0 Å². The Balaban J connectivity index is 1.50. The third kappa shape index (κ3) is 3.61. The number of aromatic nitrogens is 2. The number of imide groups is 1. The summed E-state index contributed by atoms with van der Waals surface area (Å²) in [6.45, 7) is 0.636. The third-order valence-electron chi connectivity index (χ3n) is 4.87. The van der Waals surface area contributed by atoms with Crippen LogP contribution in [-0.2, 0) is 6.54 Å². The van der Waals surface area contributed by atoms with E-state index in [-0.39, 0.29) is 23.9 Å². The van der Waals surface area contributed by atoms with Crippen LogP contribution >= 0.6 is 11.8 Å². The number of thioether (sulfide) groups is 1. The van der Waals surface area contributed by atoms with Crippen LogP contribution in [0.5, 0.6) is 0 Å². The third-order valence-corrected chi connectivity index (χ3v) is 5.54. The van der Waals surface area contributed by atoms with Crippen molar-refractivity contribution in [2.24, 2.45) is 0 Å². The molecule has 0 aliphatic carbocycles. The number of fused-ring (bicyclic) bond motifs is 1. The van der Waals surface area contributed by atoms with Crippen molar-refractivity contribution in [2.45, 2.75) is 18.1 Å². The van der Waals surface area contributed by atoms with Gasteiger partial charge in [-0.25, -0.2) is 4.98 Å². The van der Waals surface area contributed by atoms with E-state index in [1.807, 2.05) is 36.6 Å². The molecule has 0 saturated heterocycles. The van der Waals surface area contributed by atoms with Crippen LogP contribution in [0.4, 0.5) is 0 Å². The van der Waals surface area contributed by atoms with Crippen molar-refractivity contribution in [3.05, 3.63) is 82.1 Å². The van der Waals surface area contributed by atoms with E-state index in [4.69, 9.17) is 0 Å². The van der Waals surface area contributed by atoms with Crippen LogP contribution in [0.15, 0.2) is 70.6 Å². The van der Waals surface area contributed by atoms with Gasteiger partial charge in [0.15, 0.2) is 5.16 Å². The maximum atomic E-state index is 12.7. The smallest absolute Gasteiger partial charge is 0.261 e. The second-order valence-corrected chi connectivity index (χ2v) is 7.42. The maximum Gasteiger partial charge on any atom is 0.261 e. The molecular formula is C22H19N3O3S. The van der Waals surface area contributed by atoms with Gasteiger partial charge in [0.25, 0.3) is 17.4 Å². The molecule has 4 rings (SSSR count). The van der Waals surface area contributed by atoms with Gasteiger partial charge in [-0.05, 0) is 24.8 Å². The van der Waals surface area contributed by atoms with E-state index >= 15 is 0 Å². The summed E-state index contributed by atoms with van der Waals surface area (Å²) in [6, 6.07) is 17.9. The lowest BCUT2D eigenvalue weighted by atomic mass is 10.1. The van der Waals surface area contributed by atoms with Crippen LogP contribution in [-0.4, -0.2) is 39.1 Å². The number of amides is 2. The number of hydrogen-bond donors (Lipinski definition) is 0. The fraction of sp³-hybridized carbons (Fsp3) is 0.182. The molecular weight excluding hydrogens is 386 g/mol. The van der Waals surface area contributed by atoms with Crippen molar-refractivity contribution in [2.75, 3.05) is 12.8 Å². The lowest BCUT2D eigenvalue weighted by molar-refractivity contribution is 0.0650. The molecule has 0 bridgehead atoms. The predicted octanol–water partition coefficient (Wildman–Crippen LogP) is 3.32. The molecule has 6 nitrogen and oxygen atoms in total. The number of nitrogens with zero attached hydrogens (tertiary/aromatic N) is 3. The maximum absolute atomic E-state index is 12.7. The standard InChI is InChI=1S/C22H19N3O3S/c1-29-22-23-18(15-8-3-2-4-9-15)14-19(26)24(22)12-7-13-25-20(27)16-10-5-6-11-17(16)21(25)28/h2-6,8-11,14H,7,12-13H2,1H3. The Morgan fingerprint density at radius 2 is 1.48 bits per heavy atom. The van der Waals surface area contributed by atoms with Gasteiger partial charge >= 0.3 is 0 Å². The van der Waals surface area contributed by atoms with E-state index in [9.17, 15) is 14.4 Å². The molecule has 146 valence electrons. The molecule has 29 heavy (non-hydrogen) atoms. The van der Waals surface area contributed by atoms with Gasteiger partial charge in [0.05, 0.1) is 16.8 Å². The Bertz CT molecular complexity index is 1110. The molecule has 3 aromatic rings. The summed E-state index contributed by atoms with van der Waals surface area (Å²) in [5, 5.41) is 0.610. The van der Waals surface area contributed by atoms with Crippen LogP contribution in [0.2, 0.25) is 0 Å². The minimum Gasteiger partial charge on any atom is -0.288 e. The zero-order valence-corrected chi connectivity index (χ0v) is 16.7. The Morgan fingerprint density at radius 1 is 0.862 bits per heavy atom. The van der Waals surface area contributed by atoms with Crippen LogP contribution < -0.4 is 5.56 Å². The first-order valence-corrected chi connectivity index (χ1v) is 10.5. The van der Waals surface area contributed by atoms with Crippen LogP contribution in [0.1, 0.15) is 27.1 Å². The van der Waals surface area contributed by atoms with E-state index in [0.29, 0.717) is 34.9 Å². The number of carbonyl (C=O) groups is 2. The highest BCUT2D eigenvalue weighted by molar-refractivity contribution is 7.98. The van der Waals surface area contributed by atoms with Crippen LogP contribution in [0.3, 0.4) is 0 Å². The lowest BCUT2D eigenvalue weighted by Crippen LogP contribution is -2.32. The van der Waals surface area contributed by atoms with Crippen molar-refractivity contribution in [1.82, 2.24) is 14.5 Å². The van der Waals surface area contributed by atoms with E-state index in [1.54, 1.807) is 28.8 Å². The van der Waals surface area contributed by atoms with E-state index < -0.39 is 0 Å². The lowest BCUT2D eigenvalue weighted by Gasteiger charge is -2.16. The molecule has 1 aliphatic rings. The van der Waals surface area contributed by atoms with Gasteiger partial charge in [0.1, 0.15) is 0 Å². The Kier molecular flexibility index (Phi) is 5.31. The highest BCUT2D eigenvalue weighted by atomic mass is 32.2. The first-order chi connectivity index (χ1) is 14.1. The highest BCUT2D eigenvalue weighted by Gasteiger charge is 2.34. The number of carbonyl (C=O) groups excluding carboxylic acids is 2. The fourth-order valence-electron chi connectivity index (χ4n) is 3.43. The molecule has 0 spiro atoms. The fourth-order valence-corrected chi connectivity index (χ4v) is 4.02. The molecule has 1 aliphatic heterocycles. The second-order valence-electron chi connectivity index (χ2n) is 6.65. The number of benzene rings is 2. The Morgan fingerprint density at radius 3 is 2.10 bits per heavy atom. The minimum absolute atomic E-state index is 0.148. The highest BCUT2D eigenvalue weighted by Crippen LogP contribution is 2.23. The molecule has 7 heteroatoms. The summed E-state index contributed by atoms with van der Waals surface area (Å²) < 4.78 is 1.59. The van der Waals surface area contributed by atoms with Crippen LogP contribution in [0, 0.1) is 0 Å². The summed E-state index contributed by atoms with van der Waals surface area (Å²) in [5.74, 6) is -0.554. The molecule has 2 aromatic carbocycles. The van der Waals surface area contributed by atoms with Crippen molar-refractivity contribution < 1.29 is 9.59 Å². The summed E-state index contributed by atoms with van der Waals surface area (Å²) in [7, 11) is 0. The van der Waals surface area contributed by atoms with Gasteiger partial charge in [-0.15, -0.1) is 0 Å². The number of rotatable bonds is 6. The molecule has 0 fully saturated rings. The molecule has 0 atom stereocenters. The summed E-state index contributed by atoms with van der Waals surface area (Å²) in [6.07, 6.45) is 2.35. The van der Waals surface area contributed by atoms with E-state index in [2.05, 4.69) is 4.98 Å². The summed E-state index contributed by atoms with van der Waals surface area (Å²) in [5.41, 5.74) is 2.25. The van der Waals surface area contributed by atoms with E-state index in [0.717, 1.165) is 5.56 Å². The van der Waals surface area contributed by atoms with Gasteiger partial charge in [0, 0.05) is 24.7 Å². The largest absolute Gasteiger partial charge is 0.288 e. The van der Waals surface area contributed by atoms with Crippen molar-refractivity contribution in [3.63, 3.8) is 0 Å². The zero-order chi connectivity index (χ0) is 20.4. The first kappa shape index (κ1) is 19.1. The van der Waals surface area contributed by atoms with Gasteiger partial charge in [-0.3, -0.25) is 23.9 Å². The SMILES string of the molecule is CSc1nc(-c2ccccc2)cc(=O)n1CCCN1C(=O)c2ccccc2C1=O. The normalized spacial score (nSPS) is 13.1. The quantitative estimate of drug-likeness (QED) is 0.357. The molecule has 0 radical (unpaired) electrons. The van der Waals surface area contributed by atoms with Gasteiger partial charge < -0.3 is 0 Å². The Labute approximate surface area is 172 Å². The topological polar surface area (TPSA) is 72.3 Å². The monoisotopic (exact) mass is 405 g/mol. The molecule has 2 heterocycles. The molecule has 2 amide bonds. The Hall–Kier alpha value is -3.19. The molecule has 1 aromatic heterocycles. The summed E-state index contributed by atoms with van der Waals surface area (Å²) in [4.78, 5) is 43.5. The molecule has 0 unspecified atom stereocenters. The average molecular weight is 405 g/mol. The predicted molar refractivity (Wildman–Crippen MR) is 112 cm³/mol. The van der Waals surface area contributed by atoms with Crippen molar-refractivity contribution in [3.8, 4) is 11.3 Å². The van der Waals surface area contributed by atoms with Gasteiger partial charge in [-0.2, -0.15) is 0 Å². The minimum atomic E-state index is -0.277. The summed E-state index contributed by atoms with van der Waals surface area (Å²) >= 11 is 1.40.